The normalized spacial score (nSPS) is 18.1. The number of piperidine rings is 2. The van der Waals surface area contributed by atoms with Gasteiger partial charge in [0.25, 0.3) is 11.8 Å². The number of hydrogen-bond donors (Lipinski definition) is 2. The second-order valence-corrected chi connectivity index (χ2v) is 15.8. The lowest BCUT2D eigenvalue weighted by Crippen LogP contribution is -2.54. The maximum atomic E-state index is 14.1. The number of rotatable bonds is 9. The molecule has 0 bridgehead atoms. The molecule has 0 saturated carbocycles. The van der Waals surface area contributed by atoms with Gasteiger partial charge in [0.05, 0.1) is 21.8 Å². The largest absolute Gasteiger partial charge is 0.452 e. The van der Waals surface area contributed by atoms with E-state index in [2.05, 4.69) is 5.32 Å². The number of esters is 1. The van der Waals surface area contributed by atoms with Crippen LogP contribution in [-0.2, 0) is 38.2 Å². The molecule has 0 aliphatic carbocycles. The smallest absolute Gasteiger partial charge is 0.418 e. The third-order valence-corrected chi connectivity index (χ3v) is 11.9. The number of carbonyl (C=O) groups is 5. The summed E-state index contributed by atoms with van der Waals surface area (Å²) in [5.41, 5.74) is 6.66. The second-order valence-electron chi connectivity index (χ2n) is 15.4. The second kappa shape index (κ2) is 18.3. The minimum atomic E-state index is -4.82. The first-order valence-electron chi connectivity index (χ1n) is 20.1. The number of alkyl halides is 3. The molecule has 0 spiro atoms. The Morgan fingerprint density at radius 2 is 1.53 bits per heavy atom. The Kier molecular flexibility index (Phi) is 12.9. The number of nitrogens with two attached hydrogens (primary N) is 1. The van der Waals surface area contributed by atoms with Gasteiger partial charge in [-0.1, -0.05) is 29.8 Å². The molecule has 3 saturated heterocycles. The molecule has 18 heteroatoms. The Morgan fingerprint density at radius 3 is 2.22 bits per heavy atom. The van der Waals surface area contributed by atoms with Gasteiger partial charge < -0.3 is 45.0 Å². The van der Waals surface area contributed by atoms with Crippen molar-refractivity contribution in [3.8, 4) is 0 Å². The number of carbonyl (C=O) groups excluding carboxylic acids is 5. The van der Waals surface area contributed by atoms with Crippen LogP contribution in [0.2, 0.25) is 5.02 Å². The Labute approximate surface area is 350 Å². The average Bonchev–Trinajstić information content (AvgIpc) is 3.26. The van der Waals surface area contributed by atoms with Crippen molar-refractivity contribution < 1.29 is 46.6 Å². The van der Waals surface area contributed by atoms with Crippen molar-refractivity contribution in [3.05, 3.63) is 87.9 Å². The highest BCUT2D eigenvalue weighted by atomic mass is 35.5. The fourth-order valence-electron chi connectivity index (χ4n) is 8.14. The minimum Gasteiger partial charge on any atom is -0.452 e. The van der Waals surface area contributed by atoms with E-state index in [-0.39, 0.29) is 73.3 Å². The van der Waals surface area contributed by atoms with Crippen LogP contribution in [0.25, 0.3) is 0 Å². The number of piperazine rings is 1. The molecule has 3 aromatic carbocycles. The highest BCUT2D eigenvalue weighted by molar-refractivity contribution is 6.33. The van der Waals surface area contributed by atoms with Gasteiger partial charge in [0.15, 0.2) is 12.7 Å². The van der Waals surface area contributed by atoms with E-state index < -0.39 is 41.5 Å². The lowest BCUT2D eigenvalue weighted by molar-refractivity contribution is -0.141. The molecule has 4 aliphatic rings. The number of likely N-dealkylation sites (tertiary alicyclic amines) is 2. The summed E-state index contributed by atoms with van der Waals surface area (Å²) in [7, 11) is 0. The average molecular weight is 854 g/mol. The number of benzene rings is 3. The molecule has 4 aliphatic heterocycles. The summed E-state index contributed by atoms with van der Waals surface area (Å²) in [6.45, 7) is 3.03. The van der Waals surface area contributed by atoms with E-state index in [0.717, 1.165) is 42.3 Å². The number of fused-ring (bicyclic) bond motifs is 1. The first-order chi connectivity index (χ1) is 28.7. The van der Waals surface area contributed by atoms with E-state index in [0.29, 0.717) is 45.6 Å². The number of anilines is 3. The van der Waals surface area contributed by atoms with E-state index in [1.807, 2.05) is 29.2 Å². The van der Waals surface area contributed by atoms with Crippen LogP contribution in [0.4, 0.5) is 39.8 Å². The minimum absolute atomic E-state index is 0.0101. The zero-order chi connectivity index (χ0) is 42.6. The highest BCUT2D eigenvalue weighted by Crippen LogP contribution is 2.38. The van der Waals surface area contributed by atoms with Gasteiger partial charge in [-0.05, 0) is 85.7 Å². The molecule has 3 aromatic rings. The molecular formula is C42H47ClF3N7O7. The number of urea groups is 1. The number of hydrogen-bond acceptors (Lipinski definition) is 9. The Morgan fingerprint density at radius 1 is 0.850 bits per heavy atom. The molecule has 0 radical (unpaired) electrons. The molecule has 3 N–H and O–H groups in total. The van der Waals surface area contributed by atoms with Crippen LogP contribution in [0, 0.1) is 0 Å². The standard InChI is InChI=1S/C42H47ClF3N7O7/c43-33-23-27(22-32(37(33)47)42(44,45)46)24-35(60-41(58)52-16-12-31(13-17-52)53-25-29-6-2-3-7-34(29)48-40(53)57)38(55)51-20-18-49(19-21-51)30-10-8-28(9-11-30)39(56)59-26-36(54)50-14-4-1-5-15-50/h2-3,6-11,22-23,31,35H,1,4-5,12-21,24-26,47H2,(H,48,57)/t35-/m1/s1. The third kappa shape index (κ3) is 9.83. The van der Waals surface area contributed by atoms with Gasteiger partial charge in [-0.15, -0.1) is 0 Å². The fraction of sp³-hybridized carbons (Fsp3) is 0.452. The monoisotopic (exact) mass is 853 g/mol. The molecular weight excluding hydrogens is 807 g/mol. The molecule has 7 rings (SSSR count). The lowest BCUT2D eigenvalue weighted by Gasteiger charge is -2.40. The van der Waals surface area contributed by atoms with Gasteiger partial charge in [-0.2, -0.15) is 13.2 Å². The molecule has 5 amide bonds. The summed E-state index contributed by atoms with van der Waals surface area (Å²) >= 11 is 6.12. The molecule has 0 aromatic heterocycles. The molecule has 60 heavy (non-hydrogen) atoms. The number of amides is 5. The van der Waals surface area contributed by atoms with Gasteiger partial charge in [-0.25, -0.2) is 14.4 Å². The third-order valence-electron chi connectivity index (χ3n) is 11.6. The number of halogens is 4. The molecule has 0 unspecified atom stereocenters. The Balaban J connectivity index is 0.978. The van der Waals surface area contributed by atoms with Crippen LogP contribution in [-0.4, -0.2) is 121 Å². The van der Waals surface area contributed by atoms with Crippen molar-refractivity contribution in [2.24, 2.45) is 0 Å². The SMILES string of the molecule is Nc1c(Cl)cc(C[C@@H](OC(=O)N2CCC(N3Cc4ccccc4NC3=O)CC2)C(=O)N2CCN(c3ccc(C(=O)OCC(=O)N4CCCCC4)cc3)CC2)cc1C(F)(F)F. The van der Waals surface area contributed by atoms with Crippen LogP contribution in [0.15, 0.2) is 60.7 Å². The van der Waals surface area contributed by atoms with Crippen LogP contribution < -0.4 is 16.0 Å². The van der Waals surface area contributed by atoms with Crippen molar-refractivity contribution in [1.29, 1.82) is 0 Å². The molecule has 320 valence electrons. The number of nitrogen functional groups attached to an aromatic ring is 1. The maximum absolute atomic E-state index is 14.1. The van der Waals surface area contributed by atoms with Crippen molar-refractivity contribution in [2.45, 2.75) is 63.4 Å². The van der Waals surface area contributed by atoms with Crippen LogP contribution in [0.5, 0.6) is 0 Å². The summed E-state index contributed by atoms with van der Waals surface area (Å²) in [6, 6.07) is 15.9. The van der Waals surface area contributed by atoms with E-state index >= 15 is 0 Å². The zero-order valence-electron chi connectivity index (χ0n) is 32.9. The van der Waals surface area contributed by atoms with Crippen molar-refractivity contribution in [2.75, 3.05) is 74.9 Å². The number of nitrogens with one attached hydrogen (secondary N) is 1. The molecule has 14 nitrogen and oxygen atoms in total. The van der Waals surface area contributed by atoms with Crippen molar-refractivity contribution in [1.82, 2.24) is 19.6 Å². The van der Waals surface area contributed by atoms with Crippen LogP contribution >= 0.6 is 11.6 Å². The summed E-state index contributed by atoms with van der Waals surface area (Å²) < 4.78 is 52.8. The van der Waals surface area contributed by atoms with Crippen LogP contribution in [0.3, 0.4) is 0 Å². The summed E-state index contributed by atoms with van der Waals surface area (Å²) in [5.74, 6) is -1.41. The predicted molar refractivity (Wildman–Crippen MR) is 216 cm³/mol. The quantitative estimate of drug-likeness (QED) is 0.194. The van der Waals surface area contributed by atoms with E-state index in [1.165, 1.54) is 15.9 Å². The Bertz CT molecular complexity index is 2080. The summed E-state index contributed by atoms with van der Waals surface area (Å²) in [4.78, 5) is 74.2. The van der Waals surface area contributed by atoms with Crippen molar-refractivity contribution in [3.63, 3.8) is 0 Å². The fourth-order valence-corrected chi connectivity index (χ4v) is 8.38. The summed E-state index contributed by atoms with van der Waals surface area (Å²) in [5, 5.41) is 2.57. The first kappa shape index (κ1) is 42.4. The van der Waals surface area contributed by atoms with E-state index in [9.17, 15) is 37.1 Å². The van der Waals surface area contributed by atoms with Gasteiger partial charge in [0.2, 0.25) is 0 Å². The van der Waals surface area contributed by atoms with Gasteiger partial charge in [0.1, 0.15) is 0 Å². The first-order valence-corrected chi connectivity index (χ1v) is 20.5. The van der Waals surface area contributed by atoms with Gasteiger partial charge in [-0.3, -0.25) is 9.59 Å². The maximum Gasteiger partial charge on any atom is 0.418 e. The predicted octanol–water partition coefficient (Wildman–Crippen LogP) is 6.02. The molecule has 1 atom stereocenters. The molecule has 3 fully saturated rings. The number of para-hydroxylation sites is 1. The number of nitrogens with zero attached hydrogens (tertiary/aromatic N) is 5. The van der Waals surface area contributed by atoms with Gasteiger partial charge in [0, 0.05) is 82.7 Å². The van der Waals surface area contributed by atoms with E-state index in [1.54, 1.807) is 34.1 Å². The van der Waals surface area contributed by atoms with Gasteiger partial charge >= 0.3 is 24.3 Å². The zero-order valence-corrected chi connectivity index (χ0v) is 33.7. The Hall–Kier alpha value is -5.71. The van der Waals surface area contributed by atoms with E-state index in [4.69, 9.17) is 26.8 Å². The van der Waals surface area contributed by atoms with Crippen molar-refractivity contribution >= 4 is 58.6 Å². The van der Waals surface area contributed by atoms with Crippen LogP contribution in [0.1, 0.15) is 59.2 Å². The topological polar surface area (TPSA) is 158 Å². The molecule has 4 heterocycles. The number of ether oxygens (including phenoxy) is 2. The lowest BCUT2D eigenvalue weighted by atomic mass is 10.0. The summed E-state index contributed by atoms with van der Waals surface area (Å²) in [6.07, 6.45) is -3.65. The highest BCUT2D eigenvalue weighted by Gasteiger charge is 2.38.